The van der Waals surface area contributed by atoms with Crippen molar-refractivity contribution in [3.63, 3.8) is 0 Å². The van der Waals surface area contributed by atoms with Crippen LogP contribution in [0.3, 0.4) is 0 Å². The van der Waals surface area contributed by atoms with Gasteiger partial charge in [-0.15, -0.1) is 0 Å². The van der Waals surface area contributed by atoms with Crippen LogP contribution in [0.25, 0.3) is 0 Å². The lowest BCUT2D eigenvalue weighted by molar-refractivity contribution is -0.182. The van der Waals surface area contributed by atoms with Crippen LogP contribution >= 0.6 is 0 Å². The summed E-state index contributed by atoms with van der Waals surface area (Å²) in [4.78, 5) is 0. The number of ether oxygens (including phenoxy) is 3. The van der Waals surface area contributed by atoms with Gasteiger partial charge in [0.1, 0.15) is 18.3 Å². The number of rotatable bonds is 11. The minimum atomic E-state index is -2.10. The highest BCUT2D eigenvalue weighted by Gasteiger charge is 2.48. The van der Waals surface area contributed by atoms with Gasteiger partial charge in [-0.1, -0.05) is 118 Å². The molecule has 4 nitrogen and oxygen atoms in total. The molecule has 1 saturated carbocycles. The molecule has 4 atom stereocenters. The summed E-state index contributed by atoms with van der Waals surface area (Å²) < 4.78 is 27.0. The smallest absolute Gasteiger partial charge is 0.192 e. The van der Waals surface area contributed by atoms with Crippen molar-refractivity contribution in [2.75, 3.05) is 0 Å². The van der Waals surface area contributed by atoms with E-state index in [1.165, 1.54) is 0 Å². The lowest BCUT2D eigenvalue weighted by Gasteiger charge is -2.47. The number of benzene rings is 3. The summed E-state index contributed by atoms with van der Waals surface area (Å²) >= 11 is 0. The Hall–Kier alpha value is -2.54. The zero-order valence-corrected chi connectivity index (χ0v) is 25.1. The molecule has 1 aliphatic carbocycles. The van der Waals surface area contributed by atoms with Gasteiger partial charge in [-0.3, -0.25) is 0 Å². The Bertz CT molecular complexity index is 1160. The van der Waals surface area contributed by atoms with E-state index in [0.717, 1.165) is 22.3 Å². The predicted octanol–water partition coefficient (Wildman–Crippen LogP) is 8.09. The molecule has 0 unspecified atom stereocenters. The Morgan fingerprint density at radius 1 is 0.667 bits per heavy atom. The first-order valence-corrected chi connectivity index (χ1v) is 16.9. The SMILES string of the molecule is C=C1C[C@H](O[Si](C)(C)C(C)(C)C)[C@H](OCc2ccccc2)[C@@H](OCc2ccccc2)[C@@H]1OCc1ccccc1. The maximum Gasteiger partial charge on any atom is 0.192 e. The van der Waals surface area contributed by atoms with Gasteiger partial charge in [0.05, 0.1) is 25.9 Å². The summed E-state index contributed by atoms with van der Waals surface area (Å²) in [6, 6.07) is 30.8. The van der Waals surface area contributed by atoms with E-state index in [2.05, 4.69) is 76.8 Å². The molecule has 0 saturated heterocycles. The van der Waals surface area contributed by atoms with Crippen molar-refractivity contribution in [3.8, 4) is 0 Å². The Balaban J connectivity index is 1.63. The molecule has 3 aromatic carbocycles. The van der Waals surface area contributed by atoms with Crippen LogP contribution in [-0.4, -0.2) is 32.7 Å². The lowest BCUT2D eigenvalue weighted by Crippen LogP contribution is -2.57. The molecule has 208 valence electrons. The van der Waals surface area contributed by atoms with Crippen molar-refractivity contribution >= 4 is 8.32 Å². The van der Waals surface area contributed by atoms with E-state index in [0.29, 0.717) is 26.2 Å². The fourth-order valence-corrected chi connectivity index (χ4v) is 5.99. The van der Waals surface area contributed by atoms with E-state index in [9.17, 15) is 0 Å². The largest absolute Gasteiger partial charge is 0.411 e. The van der Waals surface area contributed by atoms with E-state index < -0.39 is 8.32 Å². The van der Waals surface area contributed by atoms with Gasteiger partial charge in [-0.05, 0) is 46.8 Å². The van der Waals surface area contributed by atoms with Crippen LogP contribution in [0.1, 0.15) is 43.9 Å². The van der Waals surface area contributed by atoms with E-state index >= 15 is 0 Å². The van der Waals surface area contributed by atoms with Crippen molar-refractivity contribution < 1.29 is 18.6 Å². The maximum atomic E-state index is 7.03. The van der Waals surface area contributed by atoms with E-state index in [1.54, 1.807) is 0 Å². The fraction of sp³-hybridized carbons (Fsp3) is 0.412. The minimum Gasteiger partial charge on any atom is -0.411 e. The van der Waals surface area contributed by atoms with E-state index in [4.69, 9.17) is 18.6 Å². The monoisotopic (exact) mass is 544 g/mol. The van der Waals surface area contributed by atoms with E-state index in [-0.39, 0.29) is 29.5 Å². The van der Waals surface area contributed by atoms with Crippen LogP contribution in [0.15, 0.2) is 103 Å². The number of hydrogen-bond acceptors (Lipinski definition) is 4. The van der Waals surface area contributed by atoms with E-state index in [1.807, 2.05) is 54.6 Å². The summed E-state index contributed by atoms with van der Waals surface area (Å²) in [5.74, 6) is 0. The molecule has 1 fully saturated rings. The van der Waals surface area contributed by atoms with Gasteiger partial charge >= 0.3 is 0 Å². The summed E-state index contributed by atoms with van der Waals surface area (Å²) in [6.45, 7) is 17.3. The molecule has 39 heavy (non-hydrogen) atoms. The topological polar surface area (TPSA) is 36.9 Å². The van der Waals surface area contributed by atoms with Crippen molar-refractivity contribution in [2.45, 2.75) is 89.6 Å². The zero-order valence-electron chi connectivity index (χ0n) is 24.1. The van der Waals surface area contributed by atoms with Gasteiger partial charge in [0.2, 0.25) is 0 Å². The number of hydrogen-bond donors (Lipinski definition) is 0. The molecule has 0 amide bonds. The van der Waals surface area contributed by atoms with Crippen LogP contribution in [0.2, 0.25) is 18.1 Å². The third kappa shape index (κ3) is 8.00. The second-order valence-corrected chi connectivity index (χ2v) is 16.8. The van der Waals surface area contributed by atoms with Gasteiger partial charge in [-0.25, -0.2) is 0 Å². The highest BCUT2D eigenvalue weighted by molar-refractivity contribution is 6.74. The molecule has 0 aromatic heterocycles. The molecular weight excluding hydrogens is 500 g/mol. The molecule has 1 aliphatic rings. The standard InChI is InChI=1S/C34H44O4Si/c1-26-22-30(38-39(5,6)34(2,3)4)32(36-24-28-18-12-8-13-19-28)33(37-25-29-20-14-9-15-21-29)31(26)35-23-27-16-10-7-11-17-27/h7-21,30-33H,1,22-25H2,2-6H3/t30-,31+,32-,33-/m0/s1. The Labute approximate surface area is 236 Å². The van der Waals surface area contributed by atoms with Crippen LogP contribution in [0.4, 0.5) is 0 Å². The summed E-state index contributed by atoms with van der Waals surface area (Å²) in [6.07, 6.45) is -0.479. The molecule has 0 radical (unpaired) electrons. The molecule has 0 bridgehead atoms. The first kappa shape index (κ1) is 29.4. The normalized spacial score (nSPS) is 22.1. The third-order valence-corrected chi connectivity index (χ3v) is 12.5. The average molecular weight is 545 g/mol. The van der Waals surface area contributed by atoms with Gasteiger partial charge in [0.25, 0.3) is 0 Å². The zero-order chi connectivity index (χ0) is 27.9. The molecular formula is C34H44O4Si. The van der Waals surface area contributed by atoms with Gasteiger partial charge in [0.15, 0.2) is 8.32 Å². The maximum absolute atomic E-state index is 7.03. The predicted molar refractivity (Wildman–Crippen MR) is 161 cm³/mol. The quantitative estimate of drug-likeness (QED) is 0.181. The molecule has 5 heteroatoms. The second kappa shape index (κ2) is 13.2. The van der Waals surface area contributed by atoms with Crippen LogP contribution in [0.5, 0.6) is 0 Å². The average Bonchev–Trinajstić information content (AvgIpc) is 2.91. The first-order chi connectivity index (χ1) is 18.6. The summed E-state index contributed by atoms with van der Waals surface area (Å²) in [5.41, 5.74) is 4.34. The van der Waals surface area contributed by atoms with Crippen LogP contribution in [-0.2, 0) is 38.5 Å². The van der Waals surface area contributed by atoms with Crippen molar-refractivity contribution in [1.82, 2.24) is 0 Å². The van der Waals surface area contributed by atoms with Crippen LogP contribution in [0, 0.1) is 0 Å². The lowest BCUT2D eigenvalue weighted by atomic mass is 9.85. The summed E-state index contributed by atoms with van der Waals surface area (Å²) in [7, 11) is -2.10. The van der Waals surface area contributed by atoms with Crippen molar-refractivity contribution in [2.24, 2.45) is 0 Å². The molecule has 0 heterocycles. The fourth-order valence-electron chi connectivity index (χ4n) is 4.66. The second-order valence-electron chi connectivity index (χ2n) is 12.0. The molecule has 0 aliphatic heterocycles. The van der Waals surface area contributed by atoms with Crippen LogP contribution < -0.4 is 0 Å². The molecule has 3 aromatic rings. The highest BCUT2D eigenvalue weighted by Crippen LogP contribution is 2.41. The van der Waals surface area contributed by atoms with Crippen molar-refractivity contribution in [1.29, 1.82) is 0 Å². The van der Waals surface area contributed by atoms with Gasteiger partial charge in [0, 0.05) is 0 Å². The molecule has 0 spiro atoms. The van der Waals surface area contributed by atoms with Crippen molar-refractivity contribution in [3.05, 3.63) is 120 Å². The molecule has 0 N–H and O–H groups in total. The molecule has 4 rings (SSSR count). The summed E-state index contributed by atoms with van der Waals surface area (Å²) in [5, 5.41) is 0.0688. The first-order valence-electron chi connectivity index (χ1n) is 14.0. The Morgan fingerprint density at radius 3 is 1.51 bits per heavy atom. The Morgan fingerprint density at radius 2 is 1.08 bits per heavy atom. The Kier molecular flexibility index (Phi) is 9.97. The highest BCUT2D eigenvalue weighted by atomic mass is 28.4. The third-order valence-electron chi connectivity index (χ3n) is 7.95. The van der Waals surface area contributed by atoms with Gasteiger partial charge in [-0.2, -0.15) is 0 Å². The van der Waals surface area contributed by atoms with Gasteiger partial charge < -0.3 is 18.6 Å². The minimum absolute atomic E-state index is 0.0688.